The molecule has 1 aliphatic heterocycles. The van der Waals surface area contributed by atoms with Crippen molar-refractivity contribution >= 4 is 28.1 Å². The van der Waals surface area contributed by atoms with Gasteiger partial charge in [-0.1, -0.05) is 44.2 Å². The van der Waals surface area contributed by atoms with E-state index in [1.807, 2.05) is 43.3 Å². The predicted octanol–water partition coefficient (Wildman–Crippen LogP) is 5.64. The highest BCUT2D eigenvalue weighted by molar-refractivity contribution is 8.25. The molecule has 2 aromatic carbocycles. The van der Waals surface area contributed by atoms with Crippen LogP contribution in [0.4, 0.5) is 11.4 Å². The van der Waals surface area contributed by atoms with Crippen LogP contribution in [0.1, 0.15) is 75.2 Å². The second-order valence-electron chi connectivity index (χ2n) is 12.1. The zero-order valence-corrected chi connectivity index (χ0v) is 25.1. The van der Waals surface area contributed by atoms with E-state index in [1.165, 1.54) is 0 Å². The second kappa shape index (κ2) is 13.6. The lowest BCUT2D eigenvalue weighted by molar-refractivity contribution is 0.0813. The van der Waals surface area contributed by atoms with Crippen LogP contribution in [0.3, 0.4) is 0 Å². The maximum Gasteiger partial charge on any atom is 0.251 e. The fourth-order valence-corrected chi connectivity index (χ4v) is 7.41. The number of carbonyl (C=O) groups is 1. The number of aliphatic hydroxyl groups is 1. The molecule has 4 rings (SSSR count). The van der Waals surface area contributed by atoms with Gasteiger partial charge in [0.2, 0.25) is 0 Å². The molecule has 0 unspecified atom stereocenters. The monoisotopic (exact) mass is 572 g/mol. The van der Waals surface area contributed by atoms with Gasteiger partial charge in [0.1, 0.15) is 0 Å². The van der Waals surface area contributed by atoms with Crippen molar-refractivity contribution in [2.75, 3.05) is 35.0 Å². The van der Waals surface area contributed by atoms with E-state index in [2.05, 4.69) is 29.8 Å². The third kappa shape index (κ3) is 8.36. The first-order chi connectivity index (χ1) is 19.1. The Hall–Kier alpha value is -2.30. The summed E-state index contributed by atoms with van der Waals surface area (Å²) >= 11 is 0. The first-order valence-corrected chi connectivity index (χ1v) is 16.4. The summed E-state index contributed by atoms with van der Waals surface area (Å²) in [6, 6.07) is 15.2. The van der Waals surface area contributed by atoms with Gasteiger partial charge in [-0.2, -0.15) is 0 Å². The number of benzene rings is 2. The zero-order chi connectivity index (χ0) is 28.8. The summed E-state index contributed by atoms with van der Waals surface area (Å²) in [5.41, 5.74) is 3.19. The average Bonchev–Trinajstić information content (AvgIpc) is 2.92. The van der Waals surface area contributed by atoms with Crippen LogP contribution in [-0.4, -0.2) is 63.7 Å². The van der Waals surface area contributed by atoms with E-state index in [1.54, 1.807) is 16.4 Å². The summed E-state index contributed by atoms with van der Waals surface area (Å²) in [7, 11) is -2.93. The highest BCUT2D eigenvalue weighted by atomic mass is 32.3. The maximum absolute atomic E-state index is 13.7. The van der Waals surface area contributed by atoms with Gasteiger partial charge in [-0.25, -0.2) is 0 Å². The van der Waals surface area contributed by atoms with Crippen LogP contribution < -0.4 is 20.3 Å². The summed E-state index contributed by atoms with van der Waals surface area (Å²) in [4.78, 5) is 13.7. The molecule has 2 fully saturated rings. The van der Waals surface area contributed by atoms with Crippen LogP contribution in [0.15, 0.2) is 48.5 Å². The largest absolute Gasteiger partial charge is 0.390 e. The molecular formula is C31H48N4O4S. The van der Waals surface area contributed by atoms with Crippen LogP contribution in [0.2, 0.25) is 0 Å². The molecule has 2 atom stereocenters. The molecule has 9 heteroatoms. The van der Waals surface area contributed by atoms with E-state index in [-0.39, 0.29) is 5.91 Å². The summed E-state index contributed by atoms with van der Waals surface area (Å²) in [5.74, 6) is 0.0328. The zero-order valence-electron chi connectivity index (χ0n) is 24.2. The van der Waals surface area contributed by atoms with Crippen LogP contribution in [-0.2, 0) is 6.42 Å². The van der Waals surface area contributed by atoms with Crippen LogP contribution >= 0.6 is 10.8 Å². The van der Waals surface area contributed by atoms with E-state index >= 15 is 0 Å². The third-order valence-electron chi connectivity index (χ3n) is 8.27. The minimum absolute atomic E-state index is 0.297. The molecule has 8 nitrogen and oxygen atoms in total. The SMILES string of the molecule is CCNc1cc(C(=O)N[C@@H](Cc2ccccc2)[C@H](O)CNC2CCC(C)(C)CC2)cc(N2CCCCS2(O)O)c1. The lowest BCUT2D eigenvalue weighted by atomic mass is 9.75. The summed E-state index contributed by atoms with van der Waals surface area (Å²) < 4.78 is 23.1. The van der Waals surface area contributed by atoms with Gasteiger partial charge in [0.15, 0.2) is 0 Å². The number of nitrogens with zero attached hydrogens (tertiary/aromatic N) is 1. The Kier molecular flexibility index (Phi) is 10.4. The Balaban J connectivity index is 1.51. The Morgan fingerprint density at radius 3 is 2.50 bits per heavy atom. The fraction of sp³-hybridized carbons (Fsp3) is 0.581. The number of amides is 1. The molecule has 40 heavy (non-hydrogen) atoms. The Morgan fingerprint density at radius 1 is 1.10 bits per heavy atom. The van der Waals surface area contributed by atoms with Crippen molar-refractivity contribution in [2.24, 2.45) is 5.41 Å². The maximum atomic E-state index is 13.7. The van der Waals surface area contributed by atoms with Crippen molar-refractivity contribution in [1.29, 1.82) is 0 Å². The van der Waals surface area contributed by atoms with E-state index in [9.17, 15) is 19.0 Å². The molecule has 1 heterocycles. The topological polar surface area (TPSA) is 117 Å². The minimum Gasteiger partial charge on any atom is -0.390 e. The third-order valence-corrected chi connectivity index (χ3v) is 10.2. The van der Waals surface area contributed by atoms with Crippen LogP contribution in [0, 0.1) is 5.41 Å². The van der Waals surface area contributed by atoms with Gasteiger partial charge >= 0.3 is 0 Å². The molecule has 222 valence electrons. The van der Waals surface area contributed by atoms with E-state index in [0.717, 1.165) is 49.8 Å². The first-order valence-electron chi connectivity index (χ1n) is 14.7. The van der Waals surface area contributed by atoms with Crippen LogP contribution in [0.25, 0.3) is 0 Å². The van der Waals surface area contributed by atoms with Crippen molar-refractivity contribution in [3.05, 3.63) is 59.7 Å². The van der Waals surface area contributed by atoms with Crippen molar-refractivity contribution in [3.63, 3.8) is 0 Å². The fourth-order valence-electron chi connectivity index (χ4n) is 5.73. The van der Waals surface area contributed by atoms with Gasteiger partial charge in [0, 0.05) is 36.9 Å². The number of rotatable bonds is 11. The minimum atomic E-state index is -2.93. The lowest BCUT2D eigenvalue weighted by Gasteiger charge is -2.47. The Morgan fingerprint density at radius 2 is 1.82 bits per heavy atom. The predicted molar refractivity (Wildman–Crippen MR) is 166 cm³/mol. The molecule has 2 aliphatic rings. The van der Waals surface area contributed by atoms with Gasteiger partial charge in [-0.3, -0.25) is 18.2 Å². The average molecular weight is 573 g/mol. The van der Waals surface area contributed by atoms with Crippen molar-refractivity contribution in [1.82, 2.24) is 10.6 Å². The number of anilines is 2. The van der Waals surface area contributed by atoms with Crippen LogP contribution in [0.5, 0.6) is 0 Å². The lowest BCUT2D eigenvalue weighted by Crippen LogP contribution is -2.50. The van der Waals surface area contributed by atoms with Gasteiger partial charge < -0.3 is 21.1 Å². The second-order valence-corrected chi connectivity index (χ2v) is 14.2. The molecule has 1 saturated carbocycles. The molecule has 0 radical (unpaired) electrons. The van der Waals surface area contributed by atoms with Crippen molar-refractivity contribution in [3.8, 4) is 0 Å². The van der Waals surface area contributed by atoms with E-state index in [0.29, 0.717) is 54.5 Å². The smallest absolute Gasteiger partial charge is 0.251 e. The molecule has 1 amide bonds. The highest BCUT2D eigenvalue weighted by Gasteiger charge is 2.30. The molecule has 1 saturated heterocycles. The molecule has 0 aromatic heterocycles. The van der Waals surface area contributed by atoms with E-state index in [4.69, 9.17) is 0 Å². The quantitative estimate of drug-likeness (QED) is 0.206. The molecule has 1 aliphatic carbocycles. The molecular weight excluding hydrogens is 524 g/mol. The molecule has 0 spiro atoms. The van der Waals surface area contributed by atoms with Gasteiger partial charge in [0.25, 0.3) is 5.91 Å². The number of hydrogen-bond acceptors (Lipinski definition) is 7. The number of nitrogens with one attached hydrogen (secondary N) is 3. The normalized spacial score (nSPS) is 21.3. The number of aliphatic hydroxyl groups excluding tert-OH is 1. The summed E-state index contributed by atoms with van der Waals surface area (Å²) in [5, 5.41) is 21.2. The Labute approximate surface area is 241 Å². The van der Waals surface area contributed by atoms with Crippen molar-refractivity contribution < 1.29 is 19.0 Å². The van der Waals surface area contributed by atoms with Gasteiger partial charge in [-0.15, -0.1) is 10.8 Å². The molecule has 2 aromatic rings. The standard InChI is InChI=1S/C31H48N4O4S/c1-4-32-26-19-24(20-27(21-26)35-16-8-9-17-40(35,38)39)30(37)34-28(18-23-10-6-5-7-11-23)29(36)22-33-25-12-14-31(2,3)15-13-25/h5-7,10-11,19-21,25,28-29,32-33,36,38-39H,4,8-9,12-18,22H2,1-3H3,(H,34,37)/t28-,29+/m0/s1. The first kappa shape index (κ1) is 30.7. The highest BCUT2D eigenvalue weighted by Crippen LogP contribution is 2.50. The summed E-state index contributed by atoms with van der Waals surface area (Å²) in [6.07, 6.45) is 5.86. The Bertz CT molecular complexity index is 1100. The summed E-state index contributed by atoms with van der Waals surface area (Å²) in [6.45, 7) is 8.20. The van der Waals surface area contributed by atoms with Gasteiger partial charge in [-0.05, 0) is 81.0 Å². The van der Waals surface area contributed by atoms with E-state index < -0.39 is 22.9 Å². The van der Waals surface area contributed by atoms with Crippen molar-refractivity contribution in [2.45, 2.75) is 83.9 Å². The number of hydrogen-bond donors (Lipinski definition) is 6. The molecule has 0 bridgehead atoms. The molecule has 6 N–H and O–H groups in total. The van der Waals surface area contributed by atoms with Gasteiger partial charge in [0.05, 0.1) is 23.6 Å². The number of carbonyl (C=O) groups excluding carboxylic acids is 1.